The molecule has 0 atom stereocenters. The first-order valence-corrected chi connectivity index (χ1v) is 6.89. The molecule has 1 aromatic carbocycles. The highest BCUT2D eigenvalue weighted by Crippen LogP contribution is 2.19. The summed E-state index contributed by atoms with van der Waals surface area (Å²) in [7, 11) is 0. The van der Waals surface area contributed by atoms with Gasteiger partial charge in [0.15, 0.2) is 0 Å². The van der Waals surface area contributed by atoms with Crippen LogP contribution < -0.4 is 10.1 Å². The molecule has 1 heterocycles. The third kappa shape index (κ3) is 4.87. The maximum absolute atomic E-state index is 11.6. The van der Waals surface area contributed by atoms with Crippen molar-refractivity contribution in [1.29, 1.82) is 0 Å². The summed E-state index contributed by atoms with van der Waals surface area (Å²) in [4.78, 5) is 19.8. The third-order valence-electron chi connectivity index (χ3n) is 2.74. The van der Waals surface area contributed by atoms with Crippen molar-refractivity contribution >= 4 is 17.5 Å². The Bertz CT molecular complexity index is 609. The summed E-state index contributed by atoms with van der Waals surface area (Å²) >= 11 is 0. The number of ether oxygens (including phenoxy) is 1. The lowest BCUT2D eigenvalue weighted by atomic mass is 10.1. The predicted molar refractivity (Wildman–Crippen MR) is 81.6 cm³/mol. The van der Waals surface area contributed by atoms with Crippen molar-refractivity contribution in [3.63, 3.8) is 0 Å². The molecule has 0 spiro atoms. The third-order valence-corrected chi connectivity index (χ3v) is 2.74. The number of rotatable bonds is 5. The van der Waals surface area contributed by atoms with Crippen molar-refractivity contribution in [2.75, 3.05) is 5.32 Å². The minimum Gasteiger partial charge on any atom is -0.427 e. The van der Waals surface area contributed by atoms with E-state index in [1.54, 1.807) is 12.1 Å². The molecule has 110 valence electrons. The van der Waals surface area contributed by atoms with E-state index in [1.807, 2.05) is 39.0 Å². The van der Waals surface area contributed by atoms with Gasteiger partial charge < -0.3 is 10.1 Å². The molecular weight excluding hydrogens is 266 g/mol. The van der Waals surface area contributed by atoms with Crippen LogP contribution >= 0.6 is 0 Å². The molecule has 5 nitrogen and oxygen atoms in total. The van der Waals surface area contributed by atoms with E-state index in [2.05, 4.69) is 15.3 Å². The highest BCUT2D eigenvalue weighted by molar-refractivity contribution is 5.72. The second kappa shape index (κ2) is 6.83. The van der Waals surface area contributed by atoms with Gasteiger partial charge in [-0.25, -0.2) is 9.97 Å². The monoisotopic (exact) mass is 285 g/mol. The Morgan fingerprint density at radius 2 is 1.95 bits per heavy atom. The number of nitrogens with zero attached hydrogens (tertiary/aromatic N) is 2. The number of benzene rings is 1. The molecule has 0 saturated carbocycles. The Kier molecular flexibility index (Phi) is 4.87. The summed E-state index contributed by atoms with van der Waals surface area (Å²) in [6.45, 7) is 5.88. The average molecular weight is 285 g/mol. The Morgan fingerprint density at radius 3 is 2.57 bits per heavy atom. The van der Waals surface area contributed by atoms with E-state index in [-0.39, 0.29) is 5.97 Å². The molecule has 2 aromatic rings. The van der Waals surface area contributed by atoms with Crippen LogP contribution in [0.4, 0.5) is 11.5 Å². The van der Waals surface area contributed by atoms with Crippen LogP contribution in [0.3, 0.4) is 0 Å². The maximum Gasteiger partial charge on any atom is 0.311 e. The molecule has 21 heavy (non-hydrogen) atoms. The largest absolute Gasteiger partial charge is 0.427 e. The summed E-state index contributed by atoms with van der Waals surface area (Å²) < 4.78 is 5.26. The van der Waals surface area contributed by atoms with E-state index in [4.69, 9.17) is 4.74 Å². The van der Waals surface area contributed by atoms with Gasteiger partial charge in [0.2, 0.25) is 0 Å². The SMILES string of the molecule is Cc1cc(Nc2ccc(OC(=O)CC(C)C)cc2)ncn1. The van der Waals surface area contributed by atoms with Crippen LogP contribution in [0, 0.1) is 12.8 Å². The zero-order valence-electron chi connectivity index (χ0n) is 12.5. The number of hydrogen-bond donors (Lipinski definition) is 1. The van der Waals surface area contributed by atoms with Gasteiger partial charge in [0.25, 0.3) is 0 Å². The van der Waals surface area contributed by atoms with Crippen molar-refractivity contribution in [3.8, 4) is 5.75 Å². The number of aryl methyl sites for hydroxylation is 1. The van der Waals surface area contributed by atoms with E-state index < -0.39 is 0 Å². The molecule has 0 aliphatic carbocycles. The molecule has 0 aliphatic heterocycles. The second-order valence-electron chi connectivity index (χ2n) is 5.27. The van der Waals surface area contributed by atoms with Gasteiger partial charge in [-0.2, -0.15) is 0 Å². The van der Waals surface area contributed by atoms with Gasteiger partial charge in [0.05, 0.1) is 0 Å². The van der Waals surface area contributed by atoms with Crippen molar-refractivity contribution in [2.45, 2.75) is 27.2 Å². The van der Waals surface area contributed by atoms with Crippen molar-refractivity contribution in [2.24, 2.45) is 5.92 Å². The molecule has 5 heteroatoms. The molecular formula is C16H19N3O2. The number of carbonyl (C=O) groups is 1. The molecule has 0 unspecified atom stereocenters. The lowest BCUT2D eigenvalue weighted by Crippen LogP contribution is -2.10. The smallest absolute Gasteiger partial charge is 0.311 e. The predicted octanol–water partition coefficient (Wildman–Crippen LogP) is 3.48. The minimum atomic E-state index is -0.211. The highest BCUT2D eigenvalue weighted by atomic mass is 16.5. The Balaban J connectivity index is 1.97. The van der Waals surface area contributed by atoms with Gasteiger partial charge in [-0.3, -0.25) is 4.79 Å². The molecule has 2 rings (SSSR count). The standard InChI is InChI=1S/C16H19N3O2/c1-11(2)8-16(20)21-14-6-4-13(5-7-14)19-15-9-12(3)17-10-18-15/h4-7,9-11H,8H2,1-3H3,(H,17,18,19). The van der Waals surface area contributed by atoms with Crippen molar-refractivity contribution < 1.29 is 9.53 Å². The van der Waals surface area contributed by atoms with Gasteiger partial charge >= 0.3 is 5.97 Å². The van der Waals surface area contributed by atoms with E-state index in [0.29, 0.717) is 18.1 Å². The van der Waals surface area contributed by atoms with Crippen LogP contribution in [0.5, 0.6) is 5.75 Å². The Morgan fingerprint density at radius 1 is 1.24 bits per heavy atom. The Labute approximate surface area is 124 Å². The summed E-state index contributed by atoms with van der Waals surface area (Å²) in [5.41, 5.74) is 1.77. The van der Waals surface area contributed by atoms with E-state index >= 15 is 0 Å². The van der Waals surface area contributed by atoms with Gasteiger partial charge in [-0.1, -0.05) is 13.8 Å². The lowest BCUT2D eigenvalue weighted by Gasteiger charge is -2.08. The molecule has 0 fully saturated rings. The van der Waals surface area contributed by atoms with E-state index in [9.17, 15) is 4.79 Å². The van der Waals surface area contributed by atoms with E-state index in [1.165, 1.54) is 6.33 Å². The van der Waals surface area contributed by atoms with Crippen LogP contribution in [0.1, 0.15) is 26.0 Å². The fourth-order valence-electron chi connectivity index (χ4n) is 1.78. The van der Waals surface area contributed by atoms with Crippen LogP contribution in [0.15, 0.2) is 36.7 Å². The molecule has 0 radical (unpaired) electrons. The van der Waals surface area contributed by atoms with Crippen molar-refractivity contribution in [3.05, 3.63) is 42.4 Å². The van der Waals surface area contributed by atoms with Crippen LogP contribution in [0.25, 0.3) is 0 Å². The number of aromatic nitrogens is 2. The number of nitrogens with one attached hydrogen (secondary N) is 1. The Hall–Kier alpha value is -2.43. The first kappa shape index (κ1) is 15.0. The van der Waals surface area contributed by atoms with Crippen LogP contribution in [-0.4, -0.2) is 15.9 Å². The zero-order valence-corrected chi connectivity index (χ0v) is 12.5. The number of anilines is 2. The van der Waals surface area contributed by atoms with Gasteiger partial charge in [-0.15, -0.1) is 0 Å². The molecule has 1 N–H and O–H groups in total. The van der Waals surface area contributed by atoms with Crippen LogP contribution in [0.2, 0.25) is 0 Å². The first-order chi connectivity index (χ1) is 10.0. The summed E-state index contributed by atoms with van der Waals surface area (Å²) in [6, 6.07) is 9.06. The second-order valence-corrected chi connectivity index (χ2v) is 5.27. The summed E-state index contributed by atoms with van der Waals surface area (Å²) in [5.74, 6) is 1.36. The fraction of sp³-hybridized carbons (Fsp3) is 0.312. The number of hydrogen-bond acceptors (Lipinski definition) is 5. The minimum absolute atomic E-state index is 0.211. The molecule has 0 aliphatic rings. The fourth-order valence-corrected chi connectivity index (χ4v) is 1.78. The number of esters is 1. The van der Waals surface area contributed by atoms with Crippen LogP contribution in [-0.2, 0) is 4.79 Å². The van der Waals surface area contributed by atoms with Gasteiger partial charge in [0.1, 0.15) is 17.9 Å². The summed E-state index contributed by atoms with van der Waals surface area (Å²) in [6.07, 6.45) is 1.93. The molecule has 0 bridgehead atoms. The number of carbonyl (C=O) groups excluding carboxylic acids is 1. The molecule has 0 saturated heterocycles. The first-order valence-electron chi connectivity index (χ1n) is 6.89. The molecule has 0 amide bonds. The average Bonchev–Trinajstić information content (AvgIpc) is 2.40. The van der Waals surface area contributed by atoms with E-state index in [0.717, 1.165) is 17.2 Å². The quantitative estimate of drug-likeness (QED) is 0.673. The molecule has 1 aromatic heterocycles. The normalized spacial score (nSPS) is 10.5. The zero-order chi connectivity index (χ0) is 15.2. The lowest BCUT2D eigenvalue weighted by molar-refractivity contribution is -0.135. The topological polar surface area (TPSA) is 64.1 Å². The maximum atomic E-state index is 11.6. The highest BCUT2D eigenvalue weighted by Gasteiger charge is 2.07. The van der Waals surface area contributed by atoms with Gasteiger partial charge in [0, 0.05) is 23.9 Å². The van der Waals surface area contributed by atoms with Crippen molar-refractivity contribution in [1.82, 2.24) is 9.97 Å². The summed E-state index contributed by atoms with van der Waals surface area (Å²) in [5, 5.41) is 3.17. The van der Waals surface area contributed by atoms with Gasteiger partial charge in [-0.05, 0) is 37.1 Å².